The molecule has 0 radical (unpaired) electrons. The quantitative estimate of drug-likeness (QED) is 0.103. The molecule has 6 aromatic rings. The van der Waals surface area contributed by atoms with Gasteiger partial charge in [-0.15, -0.1) is 37.5 Å². The van der Waals surface area contributed by atoms with Gasteiger partial charge < -0.3 is 9.47 Å². The highest BCUT2D eigenvalue weighted by Gasteiger charge is 2.52. The number of aromatic nitrogens is 1. The van der Waals surface area contributed by atoms with E-state index in [4.69, 9.17) is 22.3 Å². The van der Waals surface area contributed by atoms with E-state index in [1.807, 2.05) is 22.6 Å². The summed E-state index contributed by atoms with van der Waals surface area (Å²) < 4.78 is 14.0. The molecule has 1 aromatic heterocycles. The van der Waals surface area contributed by atoms with Crippen LogP contribution in [0.4, 0.5) is 0 Å². The zero-order valence-corrected chi connectivity index (χ0v) is 31.7. The van der Waals surface area contributed by atoms with Crippen molar-refractivity contribution in [3.8, 4) is 129 Å². The Morgan fingerprint density at radius 1 is 0.603 bits per heavy atom. The largest absolute Gasteiger partial charge is 0.403 e. The van der Waals surface area contributed by atoms with Crippen LogP contribution in [0.5, 0.6) is 11.5 Å². The lowest BCUT2D eigenvalue weighted by molar-refractivity contribution is -0.486. The topological polar surface area (TPSA) is 24.4 Å². The molecule has 268 valence electrons. The monoisotopic (exact) mass is 737 g/mol. The van der Waals surface area contributed by atoms with Crippen LogP contribution in [0, 0.1) is 99.4 Å². The molecule has 58 heavy (non-hydrogen) atoms. The van der Waals surface area contributed by atoms with Gasteiger partial charge in [-0.3, -0.25) is 0 Å². The third-order valence-corrected chi connectivity index (χ3v) is 11.1. The molecule has 1 atom stereocenters. The van der Waals surface area contributed by atoms with Gasteiger partial charge in [0.2, 0.25) is 0 Å². The number of aryl methyl sites for hydroxylation is 2. The molecule has 3 aliphatic rings. The van der Waals surface area contributed by atoms with Crippen molar-refractivity contribution in [3.05, 3.63) is 173 Å². The number of rotatable bonds is 4. The van der Waals surface area contributed by atoms with Gasteiger partial charge in [-0.25, -0.2) is 4.24 Å². The SMILES string of the molecule is C#CC#CC#COc1cc2c(cc1OC#CC#CC#C)C1(c3ccccc3-c3cc(-c4cccc(-c5c6c(cc[n+]5=C)=CC=C[CH-]6)c4)ccc31)c1cc(C)c(C)cc1-2. The fraction of sp³-hybridized carbons (Fsp3) is 0.0545. The fourth-order valence-electron chi connectivity index (χ4n) is 8.56. The van der Waals surface area contributed by atoms with E-state index in [9.17, 15) is 0 Å². The number of benzene rings is 5. The number of nitrogens with zero attached hydrogens (tertiary/aromatic N) is 1. The van der Waals surface area contributed by atoms with Gasteiger partial charge in [-0.05, 0) is 135 Å². The van der Waals surface area contributed by atoms with E-state index < -0.39 is 5.41 Å². The van der Waals surface area contributed by atoms with Crippen LogP contribution >= 0.6 is 0 Å². The predicted octanol–water partition coefficient (Wildman–Crippen LogP) is 8.76. The third kappa shape index (κ3) is 5.61. The van der Waals surface area contributed by atoms with E-state index in [1.165, 1.54) is 38.6 Å². The van der Waals surface area contributed by atoms with Gasteiger partial charge in [0.25, 0.3) is 0 Å². The summed E-state index contributed by atoms with van der Waals surface area (Å²) >= 11 is 0. The van der Waals surface area contributed by atoms with Crippen LogP contribution in [0.3, 0.4) is 0 Å². The van der Waals surface area contributed by atoms with E-state index >= 15 is 0 Å². The molecular weight excluding hydrogens is 707 g/mol. The van der Waals surface area contributed by atoms with Gasteiger partial charge in [0.05, 0.1) is 5.41 Å². The molecule has 1 spiro atoms. The van der Waals surface area contributed by atoms with Crippen molar-refractivity contribution in [2.24, 2.45) is 0 Å². The summed E-state index contributed by atoms with van der Waals surface area (Å²) in [6.07, 6.45) is 26.4. The summed E-state index contributed by atoms with van der Waals surface area (Å²) in [4.78, 5) is 0. The molecule has 0 bridgehead atoms. The Balaban J connectivity index is 1.26. The number of fused-ring (bicyclic) bond motifs is 11. The van der Waals surface area contributed by atoms with Gasteiger partial charge in [-0.2, -0.15) is 0 Å². The Morgan fingerprint density at radius 3 is 2.05 bits per heavy atom. The lowest BCUT2D eigenvalue weighted by Gasteiger charge is -2.31. The molecule has 0 saturated heterocycles. The van der Waals surface area contributed by atoms with Crippen molar-refractivity contribution in [1.29, 1.82) is 0 Å². The maximum atomic E-state index is 6.07. The highest BCUT2D eigenvalue weighted by atomic mass is 16.5. The minimum atomic E-state index is -0.672. The first-order chi connectivity index (χ1) is 28.4. The van der Waals surface area contributed by atoms with Crippen molar-refractivity contribution in [2.75, 3.05) is 0 Å². The number of allylic oxidation sites excluding steroid dienone is 2. The molecule has 1 heterocycles. The van der Waals surface area contributed by atoms with Crippen molar-refractivity contribution >= 4 is 6.08 Å². The van der Waals surface area contributed by atoms with Crippen LogP contribution in [0.2, 0.25) is 0 Å². The van der Waals surface area contributed by atoms with Crippen LogP contribution in [0.25, 0.3) is 50.7 Å². The second kappa shape index (κ2) is 14.3. The second-order valence-electron chi connectivity index (χ2n) is 14.1. The van der Waals surface area contributed by atoms with E-state index in [0.717, 1.165) is 50.2 Å². The Kier molecular flexibility index (Phi) is 8.71. The van der Waals surface area contributed by atoms with Crippen molar-refractivity contribution < 1.29 is 13.7 Å². The average Bonchev–Trinajstić information content (AvgIpc) is 3.69. The molecule has 0 fully saturated rings. The van der Waals surface area contributed by atoms with E-state index in [0.29, 0.717) is 11.5 Å². The van der Waals surface area contributed by atoms with Gasteiger partial charge >= 0.3 is 0 Å². The van der Waals surface area contributed by atoms with Crippen molar-refractivity contribution in [1.82, 2.24) is 0 Å². The Labute approximate surface area is 339 Å². The van der Waals surface area contributed by atoms with Gasteiger partial charge in [-0.1, -0.05) is 77.5 Å². The lowest BCUT2D eigenvalue weighted by Crippen LogP contribution is -2.26. The van der Waals surface area contributed by atoms with Gasteiger partial charge in [0, 0.05) is 29.2 Å². The minimum absolute atomic E-state index is 0.379. The molecule has 0 saturated carbocycles. The first-order valence-electron chi connectivity index (χ1n) is 18.6. The van der Waals surface area contributed by atoms with Crippen LogP contribution in [0.1, 0.15) is 38.9 Å². The summed E-state index contributed by atoms with van der Waals surface area (Å²) in [5.74, 6) is 20.8. The highest BCUT2D eigenvalue weighted by Crippen LogP contribution is 2.64. The summed E-state index contributed by atoms with van der Waals surface area (Å²) in [6.45, 7) is 8.64. The molecule has 5 aromatic carbocycles. The van der Waals surface area contributed by atoms with Crippen LogP contribution in [0.15, 0.2) is 115 Å². The first-order valence-corrected chi connectivity index (χ1v) is 18.6. The summed E-state index contributed by atoms with van der Waals surface area (Å²) in [5, 5.41) is 1.17. The Bertz CT molecular complexity index is 3300. The van der Waals surface area contributed by atoms with Crippen LogP contribution in [-0.4, -0.2) is 0 Å². The smallest absolute Gasteiger partial charge is 0.184 e. The molecule has 1 unspecified atom stereocenters. The zero-order valence-electron chi connectivity index (χ0n) is 31.7. The highest BCUT2D eigenvalue weighted by molar-refractivity contribution is 5.97. The Hall–Kier alpha value is -8.44. The van der Waals surface area contributed by atoms with E-state index in [1.54, 1.807) is 0 Å². The summed E-state index contributed by atoms with van der Waals surface area (Å²) in [5.41, 5.74) is 16.3. The second-order valence-corrected chi connectivity index (χ2v) is 14.1. The molecule has 0 aliphatic heterocycles. The van der Waals surface area contributed by atoms with Gasteiger partial charge in [0.1, 0.15) is 24.6 Å². The van der Waals surface area contributed by atoms with Gasteiger partial charge in [0.15, 0.2) is 17.7 Å². The maximum absolute atomic E-state index is 6.07. The number of terminal acetylenes is 2. The summed E-state index contributed by atoms with van der Waals surface area (Å²) in [6, 6.07) is 35.0. The lowest BCUT2D eigenvalue weighted by atomic mass is 9.70. The van der Waals surface area contributed by atoms with E-state index in [-0.39, 0.29) is 0 Å². The van der Waals surface area contributed by atoms with Crippen molar-refractivity contribution in [3.63, 3.8) is 0 Å². The Morgan fingerprint density at radius 2 is 1.26 bits per heavy atom. The average molecular weight is 738 g/mol. The van der Waals surface area contributed by atoms with Crippen molar-refractivity contribution in [2.45, 2.75) is 19.3 Å². The fourth-order valence-corrected chi connectivity index (χ4v) is 8.56. The maximum Gasteiger partial charge on any atom is 0.184 e. The van der Waals surface area contributed by atoms with Crippen LogP contribution in [-0.2, 0) is 5.41 Å². The van der Waals surface area contributed by atoms with Crippen LogP contribution < -0.4 is 18.9 Å². The number of pyridine rings is 1. The molecule has 3 heteroatoms. The molecule has 3 aliphatic carbocycles. The molecule has 0 amide bonds. The normalized spacial score (nSPS) is 13.8. The number of hydrogen-bond donors (Lipinski definition) is 0. The zero-order chi connectivity index (χ0) is 39.8. The molecular formula is C55H31NO2. The third-order valence-electron chi connectivity index (χ3n) is 11.1. The summed E-state index contributed by atoms with van der Waals surface area (Å²) in [7, 11) is 0. The molecule has 3 nitrogen and oxygen atoms in total. The molecule has 0 N–H and O–H groups in total. The predicted molar refractivity (Wildman–Crippen MR) is 231 cm³/mol. The van der Waals surface area contributed by atoms with E-state index in [2.05, 4.69) is 190 Å². The standard InChI is InChI=1S/C55H31NO2/c1-6-8-10-16-29-57-52-35-47-45-31-37(3)38(4)32-50(45)55(51(47)36-53(52)58-30-17-11-9-7-2)48-24-15-14-23-44(48)46-34-41(25-26-49(46)55)40-20-18-21-42(33-40)54-43-22-13-12-19-39(43)27-28-56(54)5/h1-2,12-15,18-28,31-36H,5H2,3-4H3. The number of hydrogen-bond acceptors (Lipinski definition) is 2. The minimum Gasteiger partial charge on any atom is -0.403 e. The molecule has 9 rings (SSSR count). The first kappa shape index (κ1) is 35.3. The number of ether oxygens (including phenoxy) is 2.